The maximum atomic E-state index is 11.4. The zero-order valence-electron chi connectivity index (χ0n) is 7.51. The molecular formula is C6H12N4O2S. The summed E-state index contributed by atoms with van der Waals surface area (Å²) in [5, 5.41) is 3.69. The Hall–Kier alpha value is -0.920. The predicted molar refractivity (Wildman–Crippen MR) is 48.1 cm³/mol. The fourth-order valence-electron chi connectivity index (χ4n) is 0.738. The van der Waals surface area contributed by atoms with Crippen LogP contribution in [0.1, 0.15) is 5.56 Å². The second kappa shape index (κ2) is 3.44. The number of aromatic nitrogens is 2. The van der Waals surface area contributed by atoms with E-state index in [0.29, 0.717) is 5.56 Å². The van der Waals surface area contributed by atoms with Crippen molar-refractivity contribution in [3.63, 3.8) is 0 Å². The summed E-state index contributed by atoms with van der Waals surface area (Å²) in [5.74, 6) is 0. The summed E-state index contributed by atoms with van der Waals surface area (Å²) in [6.07, 6.45) is 2.83. The molecule has 1 aromatic heterocycles. The van der Waals surface area contributed by atoms with Gasteiger partial charge in [0.25, 0.3) is 0 Å². The number of rotatable bonds is 3. The third kappa shape index (κ3) is 1.87. The van der Waals surface area contributed by atoms with Gasteiger partial charge >= 0.3 is 10.2 Å². The average Bonchev–Trinajstić information content (AvgIpc) is 2.51. The van der Waals surface area contributed by atoms with E-state index in [1.54, 1.807) is 0 Å². The van der Waals surface area contributed by atoms with E-state index in [4.69, 9.17) is 5.73 Å². The van der Waals surface area contributed by atoms with Crippen molar-refractivity contribution in [2.75, 3.05) is 14.1 Å². The highest BCUT2D eigenvalue weighted by atomic mass is 32.2. The minimum absolute atomic E-state index is 0.281. The van der Waals surface area contributed by atoms with Crippen LogP contribution in [0.4, 0.5) is 0 Å². The van der Waals surface area contributed by atoms with E-state index in [2.05, 4.69) is 5.10 Å². The number of hydrogen-bond donors (Lipinski definition) is 1. The third-order valence-electron chi connectivity index (χ3n) is 1.55. The summed E-state index contributed by atoms with van der Waals surface area (Å²) in [6.45, 7) is 0.281. The molecular weight excluding hydrogens is 192 g/mol. The van der Waals surface area contributed by atoms with E-state index < -0.39 is 10.2 Å². The number of nitrogens with two attached hydrogens (primary N) is 1. The summed E-state index contributed by atoms with van der Waals surface area (Å²) >= 11 is 0. The fourth-order valence-corrected chi connectivity index (χ4v) is 1.51. The van der Waals surface area contributed by atoms with E-state index >= 15 is 0 Å². The average molecular weight is 204 g/mol. The lowest BCUT2D eigenvalue weighted by Crippen LogP contribution is -2.29. The highest BCUT2D eigenvalue weighted by Crippen LogP contribution is 2.02. The molecule has 0 atom stereocenters. The first-order chi connectivity index (χ1) is 5.98. The Kier molecular flexibility index (Phi) is 2.69. The Balaban J connectivity index is 3.09. The SMILES string of the molecule is CN(C)S(=O)(=O)n1cc(CN)cn1. The maximum absolute atomic E-state index is 11.4. The van der Waals surface area contributed by atoms with Crippen LogP contribution in [-0.2, 0) is 16.8 Å². The summed E-state index contributed by atoms with van der Waals surface area (Å²) in [5.41, 5.74) is 6.01. The van der Waals surface area contributed by atoms with Crippen molar-refractivity contribution in [2.24, 2.45) is 5.73 Å². The molecule has 74 valence electrons. The van der Waals surface area contributed by atoms with Crippen molar-refractivity contribution in [3.8, 4) is 0 Å². The molecule has 6 nitrogen and oxygen atoms in total. The molecule has 0 radical (unpaired) electrons. The first-order valence-corrected chi connectivity index (χ1v) is 5.05. The van der Waals surface area contributed by atoms with Gasteiger partial charge in [-0.05, 0) is 0 Å². The highest BCUT2D eigenvalue weighted by molar-refractivity contribution is 7.87. The molecule has 0 spiro atoms. The summed E-state index contributed by atoms with van der Waals surface area (Å²) in [6, 6.07) is 0. The van der Waals surface area contributed by atoms with Gasteiger partial charge in [0.2, 0.25) is 0 Å². The van der Waals surface area contributed by atoms with Gasteiger partial charge in [-0.25, -0.2) is 0 Å². The Labute approximate surface area is 77.1 Å². The van der Waals surface area contributed by atoms with Crippen molar-refractivity contribution in [2.45, 2.75) is 6.54 Å². The summed E-state index contributed by atoms with van der Waals surface area (Å²) < 4.78 is 24.9. The molecule has 0 aliphatic heterocycles. The largest absolute Gasteiger partial charge is 0.326 e. The van der Waals surface area contributed by atoms with Crippen molar-refractivity contribution < 1.29 is 8.42 Å². The summed E-state index contributed by atoms with van der Waals surface area (Å²) in [4.78, 5) is 0. The Morgan fingerprint density at radius 1 is 1.62 bits per heavy atom. The van der Waals surface area contributed by atoms with Gasteiger partial charge in [0.1, 0.15) is 0 Å². The molecule has 0 unspecified atom stereocenters. The molecule has 0 aromatic carbocycles. The predicted octanol–water partition coefficient (Wildman–Crippen LogP) is -1.00. The smallest absolute Gasteiger partial charge is 0.322 e. The molecule has 0 aliphatic carbocycles. The van der Waals surface area contributed by atoms with E-state index in [1.807, 2.05) is 0 Å². The molecule has 0 aliphatic rings. The fraction of sp³-hybridized carbons (Fsp3) is 0.500. The Morgan fingerprint density at radius 2 is 2.23 bits per heavy atom. The number of hydrogen-bond acceptors (Lipinski definition) is 4. The second-order valence-electron chi connectivity index (χ2n) is 2.72. The number of nitrogens with zero attached hydrogens (tertiary/aromatic N) is 3. The van der Waals surface area contributed by atoms with Gasteiger partial charge in [-0.1, -0.05) is 0 Å². The van der Waals surface area contributed by atoms with Gasteiger partial charge in [0.15, 0.2) is 0 Å². The maximum Gasteiger partial charge on any atom is 0.322 e. The zero-order valence-corrected chi connectivity index (χ0v) is 8.32. The van der Waals surface area contributed by atoms with Gasteiger partial charge in [0, 0.05) is 32.4 Å². The van der Waals surface area contributed by atoms with Crippen molar-refractivity contribution in [1.82, 2.24) is 13.5 Å². The molecule has 2 N–H and O–H groups in total. The first kappa shape index (κ1) is 10.2. The standard InChI is InChI=1S/C6H12N4O2S/c1-9(2)13(11,12)10-5-6(3-7)4-8-10/h4-5H,3,7H2,1-2H3. The monoisotopic (exact) mass is 204 g/mol. The Bertz CT molecular complexity index is 381. The van der Waals surface area contributed by atoms with Crippen LogP contribution in [0.2, 0.25) is 0 Å². The van der Waals surface area contributed by atoms with E-state index in [-0.39, 0.29) is 6.54 Å². The van der Waals surface area contributed by atoms with Gasteiger partial charge in [-0.15, -0.1) is 0 Å². The molecule has 0 bridgehead atoms. The molecule has 0 fully saturated rings. The van der Waals surface area contributed by atoms with Crippen LogP contribution in [0.15, 0.2) is 12.4 Å². The minimum Gasteiger partial charge on any atom is -0.326 e. The molecule has 0 saturated heterocycles. The van der Waals surface area contributed by atoms with Crippen LogP contribution < -0.4 is 5.73 Å². The van der Waals surface area contributed by atoms with Crippen LogP contribution in [0.5, 0.6) is 0 Å². The van der Waals surface area contributed by atoms with E-state index in [9.17, 15) is 8.42 Å². The van der Waals surface area contributed by atoms with Crippen molar-refractivity contribution in [1.29, 1.82) is 0 Å². The normalized spacial score (nSPS) is 12.3. The van der Waals surface area contributed by atoms with E-state index in [0.717, 1.165) is 8.39 Å². The van der Waals surface area contributed by atoms with Gasteiger partial charge in [0.05, 0.1) is 6.20 Å². The van der Waals surface area contributed by atoms with Crippen LogP contribution in [-0.4, -0.2) is 36.0 Å². The lowest BCUT2D eigenvalue weighted by molar-refractivity contribution is 0.504. The minimum atomic E-state index is -3.48. The Morgan fingerprint density at radius 3 is 2.62 bits per heavy atom. The van der Waals surface area contributed by atoms with Crippen LogP contribution >= 0.6 is 0 Å². The van der Waals surface area contributed by atoms with Crippen LogP contribution in [0.25, 0.3) is 0 Å². The second-order valence-corrected chi connectivity index (χ2v) is 4.72. The molecule has 1 aromatic rings. The lowest BCUT2D eigenvalue weighted by Gasteiger charge is -2.09. The topological polar surface area (TPSA) is 81.2 Å². The molecule has 13 heavy (non-hydrogen) atoms. The van der Waals surface area contributed by atoms with Gasteiger partial charge in [-0.2, -0.15) is 21.9 Å². The summed E-state index contributed by atoms with van der Waals surface area (Å²) in [7, 11) is -0.596. The van der Waals surface area contributed by atoms with Crippen molar-refractivity contribution >= 4 is 10.2 Å². The first-order valence-electron chi connectivity index (χ1n) is 3.65. The van der Waals surface area contributed by atoms with Crippen LogP contribution in [0, 0.1) is 0 Å². The molecule has 1 rings (SSSR count). The van der Waals surface area contributed by atoms with Crippen molar-refractivity contribution in [3.05, 3.63) is 18.0 Å². The van der Waals surface area contributed by atoms with Gasteiger partial charge in [-0.3, -0.25) is 0 Å². The third-order valence-corrected chi connectivity index (χ3v) is 3.14. The van der Waals surface area contributed by atoms with Gasteiger partial charge < -0.3 is 5.73 Å². The lowest BCUT2D eigenvalue weighted by atomic mass is 10.4. The quantitative estimate of drug-likeness (QED) is 0.684. The molecule has 7 heteroatoms. The molecule has 0 amide bonds. The zero-order chi connectivity index (χ0) is 10.1. The highest BCUT2D eigenvalue weighted by Gasteiger charge is 2.16. The van der Waals surface area contributed by atoms with E-state index in [1.165, 1.54) is 26.5 Å². The molecule has 1 heterocycles. The molecule has 0 saturated carbocycles. The van der Waals surface area contributed by atoms with Crippen LogP contribution in [0.3, 0.4) is 0 Å².